The van der Waals surface area contributed by atoms with Gasteiger partial charge in [-0.1, -0.05) is 109 Å². The molecule has 10 atom stereocenters. The highest BCUT2D eigenvalue weighted by atomic mass is 16.5. The molecule has 2 aliphatic carbocycles. The number of carbonyl (C=O) groups is 4. The van der Waals surface area contributed by atoms with Gasteiger partial charge in [0.2, 0.25) is 0 Å². The van der Waals surface area contributed by atoms with Crippen LogP contribution in [0.5, 0.6) is 0 Å². The molecule has 4 aromatic carbocycles. The van der Waals surface area contributed by atoms with E-state index < -0.39 is 81.3 Å². The summed E-state index contributed by atoms with van der Waals surface area (Å²) in [6.45, 7) is 3.56. The maximum atomic E-state index is 13.5. The van der Waals surface area contributed by atoms with Crippen molar-refractivity contribution in [2.24, 2.45) is 11.8 Å². The Morgan fingerprint density at radius 2 is 0.850 bits per heavy atom. The van der Waals surface area contributed by atoms with Crippen LogP contribution >= 0.6 is 0 Å². The molecular formula is C48H44N4O8. The van der Waals surface area contributed by atoms with Crippen molar-refractivity contribution in [1.29, 1.82) is 0 Å². The van der Waals surface area contributed by atoms with E-state index >= 15 is 0 Å². The van der Waals surface area contributed by atoms with Gasteiger partial charge >= 0.3 is 23.6 Å². The van der Waals surface area contributed by atoms with E-state index in [1.54, 1.807) is 47.7 Å². The monoisotopic (exact) mass is 804 g/mol. The number of rotatable bonds is 4. The Bertz CT molecular complexity index is 2430. The molecule has 60 heavy (non-hydrogen) atoms. The minimum absolute atomic E-state index is 0.430. The predicted molar refractivity (Wildman–Crippen MR) is 218 cm³/mol. The zero-order valence-corrected chi connectivity index (χ0v) is 33.6. The molecule has 10 aliphatic rings. The maximum Gasteiger partial charge on any atom is 0.318 e. The molecule has 4 bridgehead atoms. The number of hydrogen-bond acceptors (Lipinski definition) is 8. The topological polar surface area (TPSA) is 140 Å². The SMILES string of the molecule is CO[C@@]12C=C[C@]34[C@H](C1)[C@@](C)(O)c1ccccc1N3C(=O)C(=O)N4[C@H]2c1ccccc1.CO[C@]12C=C[C@@]34[C@@H](C1)[C@](C)(O)c1ccccc1N3C(=O)C(=O)N4[C@@H]2c1ccccc1. The number of carbonyl (C=O) groups excluding carboxylic acids is 4. The second-order valence-electron chi connectivity index (χ2n) is 17.7. The van der Waals surface area contributed by atoms with E-state index in [0.717, 1.165) is 11.1 Å². The molecule has 4 fully saturated rings. The fraction of sp³-hybridized carbons (Fsp3) is 0.333. The first-order valence-electron chi connectivity index (χ1n) is 20.4. The van der Waals surface area contributed by atoms with Crippen molar-refractivity contribution in [2.45, 2.75) is 72.5 Å². The van der Waals surface area contributed by atoms with Gasteiger partial charge in [0.25, 0.3) is 0 Å². The third-order valence-electron chi connectivity index (χ3n) is 15.2. The van der Waals surface area contributed by atoms with Gasteiger partial charge in [-0.3, -0.25) is 38.8 Å². The normalized spacial score (nSPS) is 38.1. The molecule has 4 aromatic rings. The maximum absolute atomic E-state index is 13.5. The Kier molecular flexibility index (Phi) is 7.35. The van der Waals surface area contributed by atoms with Gasteiger partial charge in [-0.2, -0.15) is 0 Å². The van der Waals surface area contributed by atoms with Crippen LogP contribution in [0.4, 0.5) is 11.4 Å². The molecule has 0 unspecified atom stereocenters. The van der Waals surface area contributed by atoms with Crippen LogP contribution in [0.1, 0.15) is 61.0 Å². The molecule has 2 N–H and O–H groups in total. The number of methoxy groups -OCH3 is 2. The van der Waals surface area contributed by atoms with E-state index in [4.69, 9.17) is 9.47 Å². The highest BCUT2D eigenvalue weighted by Crippen LogP contribution is 2.68. The summed E-state index contributed by atoms with van der Waals surface area (Å²) in [5.74, 6) is -3.12. The molecule has 8 aliphatic heterocycles. The summed E-state index contributed by atoms with van der Waals surface area (Å²) < 4.78 is 12.1. The van der Waals surface area contributed by atoms with E-state index in [9.17, 15) is 29.4 Å². The average molecular weight is 805 g/mol. The van der Waals surface area contributed by atoms with E-state index in [2.05, 4.69) is 0 Å². The van der Waals surface area contributed by atoms with E-state index in [1.807, 2.05) is 133 Å². The van der Waals surface area contributed by atoms with Crippen molar-refractivity contribution >= 4 is 35.0 Å². The first-order valence-corrected chi connectivity index (χ1v) is 20.4. The van der Waals surface area contributed by atoms with Gasteiger partial charge in [-0.25, -0.2) is 0 Å². The van der Waals surface area contributed by atoms with Crippen LogP contribution in [-0.4, -0.2) is 80.4 Å². The molecule has 304 valence electrons. The Morgan fingerprint density at radius 3 is 1.22 bits per heavy atom. The zero-order chi connectivity index (χ0) is 41.8. The van der Waals surface area contributed by atoms with Gasteiger partial charge in [0, 0.05) is 37.2 Å². The Labute approximate surface area is 346 Å². The summed E-state index contributed by atoms with van der Waals surface area (Å²) in [6, 6.07) is 33.1. The lowest BCUT2D eigenvalue weighted by atomic mass is 9.57. The predicted octanol–water partition coefficient (Wildman–Crippen LogP) is 4.99. The molecular weight excluding hydrogens is 761 g/mol. The Morgan fingerprint density at radius 1 is 0.500 bits per heavy atom. The van der Waals surface area contributed by atoms with Crippen LogP contribution in [0.25, 0.3) is 0 Å². The van der Waals surface area contributed by atoms with Crippen molar-refractivity contribution in [3.63, 3.8) is 0 Å². The highest BCUT2D eigenvalue weighted by molar-refractivity contribution is 6.44. The fourth-order valence-corrected chi connectivity index (χ4v) is 12.6. The molecule has 0 aromatic heterocycles. The third-order valence-corrected chi connectivity index (χ3v) is 15.2. The summed E-state index contributed by atoms with van der Waals surface area (Å²) in [5, 5.41) is 23.6. The lowest BCUT2D eigenvalue weighted by molar-refractivity contribution is -0.196. The van der Waals surface area contributed by atoms with Crippen molar-refractivity contribution < 1.29 is 38.9 Å². The van der Waals surface area contributed by atoms with E-state index in [-0.39, 0.29) is 0 Å². The summed E-state index contributed by atoms with van der Waals surface area (Å²) in [6.07, 6.45) is 8.73. The van der Waals surface area contributed by atoms with E-state index in [1.165, 1.54) is 0 Å². The summed E-state index contributed by atoms with van der Waals surface area (Å²) >= 11 is 0. The number of nitrogens with zero attached hydrogens (tertiary/aromatic N) is 4. The quantitative estimate of drug-likeness (QED) is 0.218. The first-order chi connectivity index (χ1) is 28.8. The van der Waals surface area contributed by atoms with Crippen molar-refractivity contribution in [3.05, 3.63) is 156 Å². The zero-order valence-electron chi connectivity index (χ0n) is 33.6. The highest BCUT2D eigenvalue weighted by Gasteiger charge is 2.77. The molecule has 12 heteroatoms. The number of piperidine rings is 2. The number of hydrogen-bond donors (Lipinski definition) is 2. The molecule has 8 heterocycles. The summed E-state index contributed by atoms with van der Waals surface area (Å²) in [5.41, 5.74) is -1.99. The molecule has 0 saturated carbocycles. The number of anilines is 2. The van der Waals surface area contributed by atoms with Crippen LogP contribution < -0.4 is 9.80 Å². The van der Waals surface area contributed by atoms with Gasteiger partial charge in [-0.05, 0) is 62.1 Å². The number of benzene rings is 4. The molecule has 14 rings (SSSR count). The summed E-state index contributed by atoms with van der Waals surface area (Å²) in [7, 11) is 3.26. The number of ether oxygens (including phenoxy) is 2. The number of para-hydroxylation sites is 2. The standard InChI is InChI=1S/2C24H22N2O4/c2*1-22(29)16-10-6-7-11-17(16)25-20(27)21(28)26-19(15-8-4-3-5-9-15)23(30-2)12-13-24(25,26)18(22)14-23/h2*3-13,18-19,29H,14H2,1-2H3/t2*18-,19+,22+,23+,24+/m10/s1. The van der Waals surface area contributed by atoms with Crippen LogP contribution in [0.3, 0.4) is 0 Å². The molecule has 2 spiro atoms. The minimum atomic E-state index is -1.24. The minimum Gasteiger partial charge on any atom is -0.385 e. The average Bonchev–Trinajstić information content (AvgIpc) is 3.65. The Balaban J connectivity index is 0.000000136. The smallest absolute Gasteiger partial charge is 0.318 e. The van der Waals surface area contributed by atoms with Crippen LogP contribution in [0.2, 0.25) is 0 Å². The largest absolute Gasteiger partial charge is 0.385 e. The third kappa shape index (κ3) is 4.10. The second kappa shape index (κ2) is 11.9. The number of amides is 4. The van der Waals surface area contributed by atoms with Crippen LogP contribution in [-0.2, 0) is 39.9 Å². The van der Waals surface area contributed by atoms with Crippen molar-refractivity contribution in [3.8, 4) is 0 Å². The summed E-state index contributed by atoms with van der Waals surface area (Å²) in [4.78, 5) is 60.3. The van der Waals surface area contributed by atoms with Gasteiger partial charge in [0.15, 0.2) is 0 Å². The van der Waals surface area contributed by atoms with Gasteiger partial charge in [0.1, 0.15) is 22.5 Å². The second-order valence-corrected chi connectivity index (χ2v) is 17.7. The van der Waals surface area contributed by atoms with Crippen LogP contribution in [0, 0.1) is 11.8 Å². The van der Waals surface area contributed by atoms with E-state index in [0.29, 0.717) is 35.3 Å². The van der Waals surface area contributed by atoms with Crippen molar-refractivity contribution in [1.82, 2.24) is 9.80 Å². The number of aliphatic hydroxyl groups is 2. The first kappa shape index (κ1) is 37.1. The van der Waals surface area contributed by atoms with Crippen molar-refractivity contribution in [2.75, 3.05) is 24.0 Å². The lowest BCUT2D eigenvalue weighted by Gasteiger charge is -2.66. The molecule has 12 nitrogen and oxygen atoms in total. The van der Waals surface area contributed by atoms with Crippen LogP contribution in [0.15, 0.2) is 133 Å². The molecule has 4 amide bonds. The van der Waals surface area contributed by atoms with Gasteiger partial charge < -0.3 is 19.7 Å². The fourth-order valence-electron chi connectivity index (χ4n) is 12.6. The van der Waals surface area contributed by atoms with Gasteiger partial charge in [0.05, 0.1) is 34.7 Å². The molecule has 4 saturated heterocycles. The Hall–Kier alpha value is -5.92. The number of fused-ring (bicyclic) bond motifs is 4. The van der Waals surface area contributed by atoms with Gasteiger partial charge in [-0.15, -0.1) is 0 Å². The molecule has 0 radical (unpaired) electrons. The lowest BCUT2D eigenvalue weighted by Crippen LogP contribution is -2.75.